The first-order valence-electron chi connectivity index (χ1n) is 5.12. The molecule has 0 bridgehead atoms. The van der Waals surface area contributed by atoms with E-state index in [1.165, 1.54) is 6.20 Å². The monoisotopic (exact) mass is 335 g/mol. The van der Waals surface area contributed by atoms with Crippen LogP contribution in [-0.2, 0) is 14.6 Å². The van der Waals surface area contributed by atoms with Crippen LogP contribution < -0.4 is 11.1 Å². The highest BCUT2D eigenvalue weighted by Crippen LogP contribution is 2.13. The molecule has 1 heterocycles. The van der Waals surface area contributed by atoms with Crippen molar-refractivity contribution in [2.75, 3.05) is 17.3 Å². The minimum Gasteiger partial charge on any atom is -0.323 e. The van der Waals surface area contributed by atoms with Gasteiger partial charge in [0.1, 0.15) is 9.84 Å². The predicted octanol–water partition coefficient (Wildman–Crippen LogP) is 0.545. The summed E-state index contributed by atoms with van der Waals surface area (Å²) >= 11 is 3.22. The maximum atomic E-state index is 11.7. The van der Waals surface area contributed by atoms with E-state index < -0.39 is 21.8 Å². The van der Waals surface area contributed by atoms with Gasteiger partial charge in [-0.3, -0.25) is 9.78 Å². The standard InChI is InChI=1S/C10H14BrN3O3S/c1-18(16,17)3-2-9(12)10(15)14-8-4-7(11)5-13-6-8/h4-6,9H,2-3,12H2,1H3,(H,14,15). The molecule has 1 aromatic heterocycles. The summed E-state index contributed by atoms with van der Waals surface area (Å²) in [5.74, 6) is -0.545. The number of carbonyl (C=O) groups excluding carboxylic acids is 1. The molecule has 1 rings (SSSR count). The molecule has 0 aliphatic heterocycles. The summed E-state index contributed by atoms with van der Waals surface area (Å²) in [5, 5.41) is 2.57. The van der Waals surface area contributed by atoms with Crippen LogP contribution in [0.4, 0.5) is 5.69 Å². The van der Waals surface area contributed by atoms with Crippen molar-refractivity contribution in [2.24, 2.45) is 5.73 Å². The first kappa shape index (κ1) is 15.1. The van der Waals surface area contributed by atoms with Gasteiger partial charge in [0.25, 0.3) is 0 Å². The van der Waals surface area contributed by atoms with E-state index in [1.54, 1.807) is 12.3 Å². The zero-order chi connectivity index (χ0) is 13.8. The molecule has 0 aliphatic carbocycles. The Morgan fingerprint density at radius 3 is 2.78 bits per heavy atom. The number of rotatable bonds is 5. The number of nitrogens with two attached hydrogens (primary N) is 1. The number of anilines is 1. The number of carbonyl (C=O) groups is 1. The molecule has 0 spiro atoms. The SMILES string of the molecule is CS(=O)(=O)CCC(N)C(=O)Nc1cncc(Br)c1. The average Bonchev–Trinajstić information content (AvgIpc) is 2.24. The number of nitrogens with one attached hydrogen (secondary N) is 1. The first-order chi connectivity index (χ1) is 8.28. The maximum absolute atomic E-state index is 11.7. The lowest BCUT2D eigenvalue weighted by molar-refractivity contribution is -0.117. The third kappa shape index (κ3) is 5.56. The lowest BCUT2D eigenvalue weighted by Gasteiger charge is -2.11. The van der Waals surface area contributed by atoms with Gasteiger partial charge in [0.2, 0.25) is 5.91 Å². The van der Waals surface area contributed by atoms with Gasteiger partial charge in [0, 0.05) is 16.9 Å². The summed E-state index contributed by atoms with van der Waals surface area (Å²) in [6, 6.07) is 0.812. The fourth-order valence-electron chi connectivity index (χ4n) is 1.19. The minimum absolute atomic E-state index is 0.0894. The van der Waals surface area contributed by atoms with E-state index >= 15 is 0 Å². The van der Waals surface area contributed by atoms with E-state index in [0.717, 1.165) is 10.7 Å². The van der Waals surface area contributed by atoms with E-state index in [9.17, 15) is 13.2 Å². The fraction of sp³-hybridized carbons (Fsp3) is 0.400. The van der Waals surface area contributed by atoms with Crippen LogP contribution in [-0.4, -0.2) is 37.4 Å². The van der Waals surface area contributed by atoms with Crippen molar-refractivity contribution < 1.29 is 13.2 Å². The molecule has 0 saturated carbocycles. The summed E-state index contributed by atoms with van der Waals surface area (Å²) < 4.78 is 22.6. The van der Waals surface area contributed by atoms with Gasteiger partial charge < -0.3 is 11.1 Å². The topological polar surface area (TPSA) is 102 Å². The molecule has 0 aliphatic rings. The molecule has 0 radical (unpaired) electrons. The smallest absolute Gasteiger partial charge is 0.241 e. The van der Waals surface area contributed by atoms with Gasteiger partial charge in [0.15, 0.2) is 0 Å². The highest BCUT2D eigenvalue weighted by Gasteiger charge is 2.16. The number of amides is 1. The van der Waals surface area contributed by atoms with Crippen LogP contribution in [0.15, 0.2) is 22.9 Å². The fourth-order valence-corrected chi connectivity index (χ4v) is 2.23. The molecule has 1 aromatic rings. The Morgan fingerprint density at radius 1 is 1.56 bits per heavy atom. The Hall–Kier alpha value is -0.990. The number of pyridine rings is 1. The number of hydrogen-bond donors (Lipinski definition) is 2. The van der Waals surface area contributed by atoms with Crippen LogP contribution in [0.1, 0.15) is 6.42 Å². The van der Waals surface area contributed by atoms with Gasteiger partial charge >= 0.3 is 0 Å². The van der Waals surface area contributed by atoms with Gasteiger partial charge in [-0.05, 0) is 28.4 Å². The molecule has 0 fully saturated rings. The number of aromatic nitrogens is 1. The van der Waals surface area contributed by atoms with Crippen LogP contribution in [0.3, 0.4) is 0 Å². The van der Waals surface area contributed by atoms with Crippen molar-refractivity contribution in [3.8, 4) is 0 Å². The zero-order valence-corrected chi connectivity index (χ0v) is 12.2. The Labute approximate surface area is 114 Å². The van der Waals surface area contributed by atoms with Crippen molar-refractivity contribution in [3.63, 3.8) is 0 Å². The van der Waals surface area contributed by atoms with Gasteiger partial charge in [0.05, 0.1) is 23.7 Å². The molecule has 0 saturated heterocycles. The highest BCUT2D eigenvalue weighted by atomic mass is 79.9. The number of halogens is 1. The van der Waals surface area contributed by atoms with Crippen LogP contribution >= 0.6 is 15.9 Å². The van der Waals surface area contributed by atoms with Crippen molar-refractivity contribution in [1.82, 2.24) is 4.98 Å². The van der Waals surface area contributed by atoms with Crippen molar-refractivity contribution in [2.45, 2.75) is 12.5 Å². The predicted molar refractivity (Wildman–Crippen MR) is 72.9 cm³/mol. The maximum Gasteiger partial charge on any atom is 0.241 e. The molecule has 1 atom stereocenters. The second-order valence-corrected chi connectivity index (χ2v) is 7.08. The summed E-state index contributed by atoms with van der Waals surface area (Å²) in [7, 11) is -3.11. The Kier molecular flexibility index (Phi) is 5.24. The van der Waals surface area contributed by atoms with Crippen LogP contribution in [0.2, 0.25) is 0 Å². The van der Waals surface area contributed by atoms with E-state index in [0.29, 0.717) is 5.69 Å². The van der Waals surface area contributed by atoms with Crippen LogP contribution in [0, 0.1) is 0 Å². The number of hydrogen-bond acceptors (Lipinski definition) is 5. The third-order valence-electron chi connectivity index (χ3n) is 2.11. The van der Waals surface area contributed by atoms with Crippen LogP contribution in [0.25, 0.3) is 0 Å². The molecular formula is C10H14BrN3O3S. The van der Waals surface area contributed by atoms with Crippen molar-refractivity contribution >= 4 is 37.4 Å². The average molecular weight is 336 g/mol. The van der Waals surface area contributed by atoms with Crippen LogP contribution in [0.5, 0.6) is 0 Å². The largest absolute Gasteiger partial charge is 0.323 e. The quantitative estimate of drug-likeness (QED) is 0.817. The van der Waals surface area contributed by atoms with E-state index in [4.69, 9.17) is 5.73 Å². The summed E-state index contributed by atoms with van der Waals surface area (Å²) in [4.78, 5) is 15.6. The second kappa shape index (κ2) is 6.26. The lowest BCUT2D eigenvalue weighted by Crippen LogP contribution is -2.37. The molecule has 3 N–H and O–H groups in total. The Morgan fingerprint density at radius 2 is 2.22 bits per heavy atom. The molecule has 8 heteroatoms. The minimum atomic E-state index is -3.11. The van der Waals surface area contributed by atoms with E-state index in [1.807, 2.05) is 0 Å². The molecule has 0 aromatic carbocycles. The molecular weight excluding hydrogens is 322 g/mol. The summed E-state index contributed by atoms with van der Waals surface area (Å²) in [6.07, 6.45) is 4.26. The van der Waals surface area contributed by atoms with Gasteiger partial charge in [-0.2, -0.15) is 0 Å². The summed E-state index contributed by atoms with van der Waals surface area (Å²) in [5.41, 5.74) is 6.11. The molecule has 18 heavy (non-hydrogen) atoms. The number of nitrogens with zero attached hydrogens (tertiary/aromatic N) is 1. The van der Waals surface area contributed by atoms with E-state index in [2.05, 4.69) is 26.2 Å². The second-order valence-electron chi connectivity index (χ2n) is 3.91. The molecule has 100 valence electrons. The zero-order valence-electron chi connectivity index (χ0n) is 9.76. The highest BCUT2D eigenvalue weighted by molar-refractivity contribution is 9.10. The van der Waals surface area contributed by atoms with Gasteiger partial charge in [-0.1, -0.05) is 0 Å². The van der Waals surface area contributed by atoms with Crippen molar-refractivity contribution in [1.29, 1.82) is 0 Å². The van der Waals surface area contributed by atoms with E-state index in [-0.39, 0.29) is 12.2 Å². The molecule has 6 nitrogen and oxygen atoms in total. The van der Waals surface area contributed by atoms with Gasteiger partial charge in [-0.15, -0.1) is 0 Å². The van der Waals surface area contributed by atoms with Crippen molar-refractivity contribution in [3.05, 3.63) is 22.9 Å². The normalized spacial score (nSPS) is 13.1. The lowest BCUT2D eigenvalue weighted by atomic mass is 10.2. The first-order valence-corrected chi connectivity index (χ1v) is 7.98. The third-order valence-corrected chi connectivity index (χ3v) is 3.52. The molecule has 1 unspecified atom stereocenters. The number of sulfone groups is 1. The van der Waals surface area contributed by atoms with Gasteiger partial charge in [-0.25, -0.2) is 8.42 Å². The Bertz CT molecular complexity index is 533. The Balaban J connectivity index is 2.55. The summed E-state index contributed by atoms with van der Waals surface area (Å²) in [6.45, 7) is 0. The molecule has 1 amide bonds.